The van der Waals surface area contributed by atoms with E-state index in [1.807, 2.05) is 0 Å². The van der Waals surface area contributed by atoms with E-state index in [4.69, 9.17) is 0 Å². The van der Waals surface area contributed by atoms with Crippen LogP contribution in [0, 0.1) is 0 Å². The third kappa shape index (κ3) is 3.58. The molecule has 0 fully saturated rings. The monoisotopic (exact) mass is 265 g/mol. The number of hydrogen-bond donors (Lipinski definition) is 1. The van der Waals surface area contributed by atoms with Gasteiger partial charge in [-0.25, -0.2) is 0 Å². The predicted octanol–water partition coefficient (Wildman–Crippen LogP) is 4.86. The lowest BCUT2D eigenvalue weighted by Crippen LogP contribution is -2.19. The van der Waals surface area contributed by atoms with Crippen LogP contribution in [0.1, 0.15) is 73.7 Å². The number of unbranched alkanes of at least 4 members (excludes halogenated alkanes) is 3. The van der Waals surface area contributed by atoms with E-state index < -0.39 is 0 Å². The summed E-state index contributed by atoms with van der Waals surface area (Å²) in [4.78, 5) is 3.26. The zero-order valence-corrected chi connectivity index (χ0v) is 12.7. The summed E-state index contributed by atoms with van der Waals surface area (Å²) in [5.74, 6) is 0. The minimum Gasteiger partial charge on any atom is -0.310 e. The number of nitrogens with one attached hydrogen (secondary N) is 1. The molecule has 1 aliphatic rings. The lowest BCUT2D eigenvalue weighted by Gasteiger charge is -2.16. The maximum atomic E-state index is 3.67. The molecule has 18 heavy (non-hydrogen) atoms. The van der Waals surface area contributed by atoms with E-state index in [1.54, 1.807) is 15.3 Å². The second kappa shape index (κ2) is 7.30. The van der Waals surface area contributed by atoms with E-state index in [0.717, 1.165) is 6.54 Å². The lowest BCUT2D eigenvalue weighted by atomic mass is 10.1. The SMILES string of the molecule is CCCCCCC(NCC)c1cc2c(s1)CCC2. The topological polar surface area (TPSA) is 12.0 Å². The van der Waals surface area contributed by atoms with Crippen molar-refractivity contribution in [2.45, 2.75) is 71.3 Å². The van der Waals surface area contributed by atoms with Crippen molar-refractivity contribution in [3.8, 4) is 0 Å². The predicted molar refractivity (Wildman–Crippen MR) is 81.5 cm³/mol. The zero-order chi connectivity index (χ0) is 12.8. The fourth-order valence-corrected chi connectivity index (χ4v) is 4.26. The molecule has 1 aromatic rings. The zero-order valence-electron chi connectivity index (χ0n) is 11.9. The fourth-order valence-electron chi connectivity index (χ4n) is 2.89. The van der Waals surface area contributed by atoms with E-state index in [1.165, 1.54) is 51.4 Å². The Labute approximate surface area is 116 Å². The van der Waals surface area contributed by atoms with Crippen LogP contribution in [0.25, 0.3) is 0 Å². The Kier molecular flexibility index (Phi) is 5.71. The molecule has 1 unspecified atom stereocenters. The molecule has 0 aromatic carbocycles. The van der Waals surface area contributed by atoms with E-state index in [-0.39, 0.29) is 0 Å². The van der Waals surface area contributed by atoms with Gasteiger partial charge in [-0.15, -0.1) is 11.3 Å². The molecule has 1 N–H and O–H groups in total. The van der Waals surface area contributed by atoms with Gasteiger partial charge in [0, 0.05) is 15.8 Å². The molecule has 1 nitrogen and oxygen atoms in total. The van der Waals surface area contributed by atoms with Crippen LogP contribution in [0.5, 0.6) is 0 Å². The minimum atomic E-state index is 0.613. The van der Waals surface area contributed by atoms with Crippen LogP contribution in [0.2, 0.25) is 0 Å². The van der Waals surface area contributed by atoms with Gasteiger partial charge >= 0.3 is 0 Å². The third-order valence-corrected chi connectivity index (χ3v) is 5.26. The van der Waals surface area contributed by atoms with E-state index in [2.05, 4.69) is 36.6 Å². The van der Waals surface area contributed by atoms with Crippen LogP contribution in [0.3, 0.4) is 0 Å². The first-order chi connectivity index (χ1) is 8.85. The second-order valence-corrected chi connectivity index (χ2v) is 6.58. The number of thiophene rings is 1. The lowest BCUT2D eigenvalue weighted by molar-refractivity contribution is 0.487. The van der Waals surface area contributed by atoms with Crippen molar-refractivity contribution in [3.63, 3.8) is 0 Å². The van der Waals surface area contributed by atoms with Gasteiger partial charge in [0.15, 0.2) is 0 Å². The van der Waals surface area contributed by atoms with Gasteiger partial charge in [0.1, 0.15) is 0 Å². The average Bonchev–Trinajstić information content (AvgIpc) is 2.93. The van der Waals surface area contributed by atoms with E-state index in [0.29, 0.717) is 6.04 Å². The van der Waals surface area contributed by atoms with Gasteiger partial charge in [-0.2, -0.15) is 0 Å². The van der Waals surface area contributed by atoms with Gasteiger partial charge in [0.2, 0.25) is 0 Å². The Morgan fingerprint density at radius 2 is 2.11 bits per heavy atom. The molecule has 0 saturated carbocycles. The summed E-state index contributed by atoms with van der Waals surface area (Å²) in [6.07, 6.45) is 10.8. The molecule has 1 heterocycles. The Bertz CT molecular complexity index is 334. The Balaban J connectivity index is 1.91. The van der Waals surface area contributed by atoms with Gasteiger partial charge in [0.05, 0.1) is 0 Å². The van der Waals surface area contributed by atoms with Crippen molar-refractivity contribution in [1.29, 1.82) is 0 Å². The maximum Gasteiger partial charge on any atom is 0.0414 e. The Morgan fingerprint density at radius 1 is 1.22 bits per heavy atom. The molecule has 0 saturated heterocycles. The summed E-state index contributed by atoms with van der Waals surface area (Å²) < 4.78 is 0. The number of aryl methyl sites for hydroxylation is 2. The van der Waals surface area contributed by atoms with Crippen molar-refractivity contribution in [3.05, 3.63) is 21.4 Å². The smallest absolute Gasteiger partial charge is 0.0414 e. The first kappa shape index (κ1) is 14.1. The maximum absolute atomic E-state index is 3.67. The first-order valence-electron chi connectivity index (χ1n) is 7.70. The molecular weight excluding hydrogens is 238 g/mol. The quantitative estimate of drug-likeness (QED) is 0.662. The Morgan fingerprint density at radius 3 is 2.83 bits per heavy atom. The standard InChI is InChI=1S/C16H27NS/c1-3-5-6-7-10-14(17-4-2)16-12-13-9-8-11-15(13)18-16/h12,14,17H,3-11H2,1-2H3. The van der Waals surface area contributed by atoms with E-state index in [9.17, 15) is 0 Å². The molecule has 1 atom stereocenters. The highest BCUT2D eigenvalue weighted by Gasteiger charge is 2.19. The van der Waals surface area contributed by atoms with E-state index >= 15 is 0 Å². The van der Waals surface area contributed by atoms with Crippen LogP contribution in [0.15, 0.2) is 6.07 Å². The third-order valence-electron chi connectivity index (χ3n) is 3.91. The van der Waals surface area contributed by atoms with Crippen molar-refractivity contribution in [1.82, 2.24) is 5.32 Å². The second-order valence-electron chi connectivity index (χ2n) is 5.41. The molecule has 102 valence electrons. The van der Waals surface area contributed by atoms with Crippen molar-refractivity contribution in [2.75, 3.05) is 6.54 Å². The highest BCUT2D eigenvalue weighted by molar-refractivity contribution is 7.12. The molecule has 2 rings (SSSR count). The molecule has 0 bridgehead atoms. The highest BCUT2D eigenvalue weighted by atomic mass is 32.1. The van der Waals surface area contributed by atoms with Crippen LogP contribution in [-0.2, 0) is 12.8 Å². The molecular formula is C16H27NS. The highest BCUT2D eigenvalue weighted by Crippen LogP contribution is 2.35. The van der Waals surface area contributed by atoms with Crippen LogP contribution >= 0.6 is 11.3 Å². The molecule has 0 spiro atoms. The Hall–Kier alpha value is -0.340. The van der Waals surface area contributed by atoms with Crippen LogP contribution < -0.4 is 5.32 Å². The number of fused-ring (bicyclic) bond motifs is 1. The summed E-state index contributed by atoms with van der Waals surface area (Å²) in [7, 11) is 0. The average molecular weight is 265 g/mol. The van der Waals surface area contributed by atoms with Crippen molar-refractivity contribution < 1.29 is 0 Å². The fraction of sp³-hybridized carbons (Fsp3) is 0.750. The van der Waals surface area contributed by atoms with Gasteiger partial charge in [-0.1, -0.05) is 39.5 Å². The number of hydrogen-bond acceptors (Lipinski definition) is 2. The van der Waals surface area contributed by atoms with Crippen molar-refractivity contribution in [2.24, 2.45) is 0 Å². The van der Waals surface area contributed by atoms with Crippen molar-refractivity contribution >= 4 is 11.3 Å². The van der Waals surface area contributed by atoms with Gasteiger partial charge in [0.25, 0.3) is 0 Å². The molecule has 0 radical (unpaired) electrons. The van der Waals surface area contributed by atoms with Crippen LogP contribution in [-0.4, -0.2) is 6.54 Å². The molecule has 1 aromatic heterocycles. The summed E-state index contributed by atoms with van der Waals surface area (Å²) in [5.41, 5.74) is 1.64. The summed E-state index contributed by atoms with van der Waals surface area (Å²) >= 11 is 2.07. The minimum absolute atomic E-state index is 0.613. The first-order valence-corrected chi connectivity index (χ1v) is 8.51. The normalized spacial score (nSPS) is 15.9. The molecule has 0 amide bonds. The summed E-state index contributed by atoms with van der Waals surface area (Å²) in [5, 5.41) is 3.67. The summed E-state index contributed by atoms with van der Waals surface area (Å²) in [6, 6.07) is 3.10. The number of rotatable bonds is 8. The van der Waals surface area contributed by atoms with Gasteiger partial charge < -0.3 is 5.32 Å². The largest absolute Gasteiger partial charge is 0.310 e. The molecule has 0 aliphatic heterocycles. The molecule has 1 aliphatic carbocycles. The van der Waals surface area contributed by atoms with Gasteiger partial charge in [-0.3, -0.25) is 0 Å². The van der Waals surface area contributed by atoms with Gasteiger partial charge in [-0.05, 0) is 43.9 Å². The molecule has 2 heteroatoms. The summed E-state index contributed by atoms with van der Waals surface area (Å²) in [6.45, 7) is 5.59. The van der Waals surface area contributed by atoms with Crippen LogP contribution in [0.4, 0.5) is 0 Å².